The molecular weight excluding hydrogens is 264 g/mol. The zero-order chi connectivity index (χ0) is 13.0. The van der Waals surface area contributed by atoms with Gasteiger partial charge in [-0.15, -0.1) is 11.8 Å². The Morgan fingerprint density at radius 1 is 1.33 bits per heavy atom. The van der Waals surface area contributed by atoms with Gasteiger partial charge >= 0.3 is 0 Å². The van der Waals surface area contributed by atoms with E-state index in [9.17, 15) is 0 Å². The second-order valence-electron chi connectivity index (χ2n) is 5.26. The Hall–Kier alpha value is -0.250. The first-order valence-corrected chi connectivity index (χ1v) is 7.85. The molecule has 0 aromatic carbocycles. The van der Waals surface area contributed by atoms with Crippen molar-refractivity contribution >= 4 is 23.4 Å². The largest absolute Gasteiger partial charge is 0.309 e. The van der Waals surface area contributed by atoms with E-state index in [0.29, 0.717) is 10.4 Å². The van der Waals surface area contributed by atoms with Crippen LogP contribution in [0.3, 0.4) is 0 Å². The second-order valence-corrected chi connectivity index (χ2v) is 6.91. The maximum absolute atomic E-state index is 5.95. The Labute approximate surface area is 119 Å². The topological polar surface area (TPSA) is 16.1 Å². The molecule has 1 aliphatic rings. The number of hydrogen-bond donors (Lipinski definition) is 0. The van der Waals surface area contributed by atoms with Gasteiger partial charge in [0.15, 0.2) is 0 Å². The third-order valence-electron chi connectivity index (χ3n) is 3.40. The van der Waals surface area contributed by atoms with Gasteiger partial charge < -0.3 is 4.90 Å². The Balaban J connectivity index is 2.00. The third kappa shape index (κ3) is 4.15. The molecule has 1 aliphatic carbocycles. The minimum atomic E-state index is 0.597. The van der Waals surface area contributed by atoms with E-state index in [1.807, 2.05) is 23.9 Å². The van der Waals surface area contributed by atoms with Crippen molar-refractivity contribution in [1.29, 1.82) is 0 Å². The number of hydrogen-bond acceptors (Lipinski definition) is 3. The van der Waals surface area contributed by atoms with Crippen molar-refractivity contribution in [3.8, 4) is 0 Å². The van der Waals surface area contributed by atoms with Gasteiger partial charge in [-0.2, -0.15) is 0 Å². The first-order chi connectivity index (χ1) is 8.65. The van der Waals surface area contributed by atoms with Crippen LogP contribution in [0.25, 0.3) is 0 Å². The van der Waals surface area contributed by atoms with E-state index < -0.39 is 0 Å². The van der Waals surface area contributed by atoms with Gasteiger partial charge in [0.25, 0.3) is 0 Å². The van der Waals surface area contributed by atoms with Gasteiger partial charge in [0, 0.05) is 11.8 Å². The predicted molar refractivity (Wildman–Crippen MR) is 79.4 cm³/mol. The van der Waals surface area contributed by atoms with Crippen LogP contribution >= 0.6 is 23.4 Å². The summed E-state index contributed by atoms with van der Waals surface area (Å²) in [6.07, 6.45) is 5.37. The van der Waals surface area contributed by atoms with Crippen molar-refractivity contribution < 1.29 is 0 Å². The molecule has 100 valence electrons. The van der Waals surface area contributed by atoms with Crippen molar-refractivity contribution in [3.05, 3.63) is 23.4 Å². The van der Waals surface area contributed by atoms with Gasteiger partial charge in [0.1, 0.15) is 5.15 Å². The number of thioether (sulfide) groups is 1. The quantitative estimate of drug-likeness (QED) is 0.779. The second kappa shape index (κ2) is 6.78. The molecule has 1 aromatic rings. The highest BCUT2D eigenvalue weighted by molar-refractivity contribution is 7.99. The number of pyridine rings is 1. The minimum absolute atomic E-state index is 0.597. The van der Waals surface area contributed by atoms with Crippen LogP contribution in [0.5, 0.6) is 0 Å². The van der Waals surface area contributed by atoms with E-state index in [4.69, 9.17) is 11.6 Å². The lowest BCUT2D eigenvalue weighted by molar-refractivity contribution is 0.271. The highest BCUT2D eigenvalue weighted by Crippen LogP contribution is 2.37. The van der Waals surface area contributed by atoms with Gasteiger partial charge in [0.05, 0.1) is 5.03 Å². The molecule has 0 amide bonds. The summed E-state index contributed by atoms with van der Waals surface area (Å²) in [4.78, 5) is 6.70. The van der Waals surface area contributed by atoms with Gasteiger partial charge in [-0.25, -0.2) is 4.98 Å². The predicted octanol–water partition coefficient (Wildman–Crippen LogP) is 3.95. The molecule has 2 atom stereocenters. The number of nitrogens with zero attached hydrogens (tertiary/aromatic N) is 2. The Bertz CT molecular complexity index is 384. The molecule has 2 nitrogen and oxygen atoms in total. The lowest BCUT2D eigenvalue weighted by Crippen LogP contribution is -2.31. The molecule has 0 spiro atoms. The fraction of sp³-hybridized carbons (Fsp3) is 0.643. The highest BCUT2D eigenvalue weighted by atomic mass is 35.5. The summed E-state index contributed by atoms with van der Waals surface area (Å²) in [5.74, 6) is 0.777. The van der Waals surface area contributed by atoms with Crippen molar-refractivity contribution in [1.82, 2.24) is 9.88 Å². The van der Waals surface area contributed by atoms with E-state index in [0.717, 1.165) is 10.9 Å². The first kappa shape index (κ1) is 14.2. The standard InChI is InChI=1S/C14H21ClN2S/c1-17(2)10-11-6-3-4-7-12(11)18-14-9-5-8-13(15)16-14/h5,8-9,11-12H,3-4,6-7,10H2,1-2H3/t11-,12-/m1/s1. The minimum Gasteiger partial charge on any atom is -0.309 e. The van der Waals surface area contributed by atoms with Crippen LogP contribution in [0.1, 0.15) is 25.7 Å². The smallest absolute Gasteiger partial charge is 0.130 e. The van der Waals surface area contributed by atoms with E-state index in [1.54, 1.807) is 0 Å². The Kier molecular flexibility index (Phi) is 5.34. The fourth-order valence-corrected chi connectivity index (χ4v) is 4.15. The normalized spacial score (nSPS) is 24.4. The molecule has 2 rings (SSSR count). The van der Waals surface area contributed by atoms with E-state index >= 15 is 0 Å². The fourth-order valence-electron chi connectivity index (χ4n) is 2.62. The van der Waals surface area contributed by atoms with Gasteiger partial charge in [0.2, 0.25) is 0 Å². The number of halogens is 1. The first-order valence-electron chi connectivity index (χ1n) is 6.59. The summed E-state index contributed by atoms with van der Waals surface area (Å²) in [5.41, 5.74) is 0. The molecule has 1 heterocycles. The molecule has 18 heavy (non-hydrogen) atoms. The van der Waals surface area contributed by atoms with Crippen molar-refractivity contribution in [2.75, 3.05) is 20.6 Å². The van der Waals surface area contributed by atoms with Crippen molar-refractivity contribution in [2.24, 2.45) is 5.92 Å². The molecule has 0 N–H and O–H groups in total. The molecule has 1 aromatic heterocycles. The summed E-state index contributed by atoms with van der Waals surface area (Å²) in [5, 5.41) is 2.35. The molecular formula is C14H21ClN2S. The molecule has 1 fully saturated rings. The lowest BCUT2D eigenvalue weighted by atomic mass is 9.88. The molecule has 1 saturated carbocycles. The van der Waals surface area contributed by atoms with Gasteiger partial charge in [-0.3, -0.25) is 0 Å². The highest BCUT2D eigenvalue weighted by Gasteiger charge is 2.26. The van der Waals surface area contributed by atoms with Gasteiger partial charge in [-0.05, 0) is 45.0 Å². The molecule has 0 aliphatic heterocycles. The average molecular weight is 285 g/mol. The molecule has 0 radical (unpaired) electrons. The van der Waals surface area contributed by atoms with Crippen LogP contribution in [0.4, 0.5) is 0 Å². The molecule has 0 bridgehead atoms. The summed E-state index contributed by atoms with van der Waals surface area (Å²) >= 11 is 7.86. The van der Waals surface area contributed by atoms with Crippen LogP contribution in [0, 0.1) is 5.92 Å². The average Bonchev–Trinajstić information content (AvgIpc) is 2.31. The Morgan fingerprint density at radius 3 is 2.83 bits per heavy atom. The molecule has 4 heteroatoms. The van der Waals surface area contributed by atoms with Crippen LogP contribution < -0.4 is 0 Å². The monoisotopic (exact) mass is 284 g/mol. The number of rotatable bonds is 4. The van der Waals surface area contributed by atoms with Crippen LogP contribution in [0.2, 0.25) is 5.15 Å². The summed E-state index contributed by atoms with van der Waals surface area (Å²) in [6, 6.07) is 5.89. The third-order valence-corrected chi connectivity index (χ3v) is 5.00. The van der Waals surface area contributed by atoms with Crippen LogP contribution in [0.15, 0.2) is 23.2 Å². The summed E-state index contributed by atoms with van der Waals surface area (Å²) < 4.78 is 0. The SMILES string of the molecule is CN(C)C[C@H]1CCCC[C@H]1Sc1cccc(Cl)n1. The zero-order valence-electron chi connectivity index (χ0n) is 11.1. The van der Waals surface area contributed by atoms with E-state index in [1.165, 1.54) is 32.2 Å². The number of aromatic nitrogens is 1. The molecule has 0 saturated heterocycles. The zero-order valence-corrected chi connectivity index (χ0v) is 12.7. The maximum Gasteiger partial charge on any atom is 0.130 e. The van der Waals surface area contributed by atoms with Crippen LogP contribution in [-0.4, -0.2) is 35.8 Å². The van der Waals surface area contributed by atoms with E-state index in [-0.39, 0.29) is 0 Å². The summed E-state index contributed by atoms with van der Waals surface area (Å²) in [6.45, 7) is 1.18. The van der Waals surface area contributed by atoms with Crippen molar-refractivity contribution in [3.63, 3.8) is 0 Å². The van der Waals surface area contributed by atoms with Crippen LogP contribution in [-0.2, 0) is 0 Å². The molecule has 0 unspecified atom stereocenters. The van der Waals surface area contributed by atoms with Gasteiger partial charge in [-0.1, -0.05) is 30.5 Å². The summed E-state index contributed by atoms with van der Waals surface area (Å²) in [7, 11) is 4.32. The van der Waals surface area contributed by atoms with Crippen molar-refractivity contribution in [2.45, 2.75) is 36.0 Å². The lowest BCUT2D eigenvalue weighted by Gasteiger charge is -2.32. The maximum atomic E-state index is 5.95. The Morgan fingerprint density at radius 2 is 2.11 bits per heavy atom. The van der Waals surface area contributed by atoms with E-state index in [2.05, 4.69) is 30.0 Å².